The lowest BCUT2D eigenvalue weighted by Crippen LogP contribution is -2.38. The summed E-state index contributed by atoms with van der Waals surface area (Å²) in [5, 5.41) is 11.7. The molecule has 0 radical (unpaired) electrons. The number of halogens is 1. The monoisotopic (exact) mass is 486 g/mol. The molecular formula is C26H31ClN2O5. The van der Waals surface area contributed by atoms with Crippen molar-refractivity contribution in [2.45, 2.75) is 26.8 Å². The van der Waals surface area contributed by atoms with Gasteiger partial charge in [-0.1, -0.05) is 37.6 Å². The Morgan fingerprint density at radius 1 is 1.09 bits per heavy atom. The number of carbonyl (C=O) groups excluding carboxylic acids is 2. The van der Waals surface area contributed by atoms with Crippen molar-refractivity contribution in [1.29, 1.82) is 0 Å². The number of ether oxygens (including phenoxy) is 2. The van der Waals surface area contributed by atoms with E-state index >= 15 is 0 Å². The van der Waals surface area contributed by atoms with Crippen LogP contribution in [0.4, 0.5) is 0 Å². The number of aliphatic hydroxyl groups excluding tert-OH is 1. The van der Waals surface area contributed by atoms with Gasteiger partial charge < -0.3 is 24.4 Å². The van der Waals surface area contributed by atoms with Crippen molar-refractivity contribution >= 4 is 29.1 Å². The summed E-state index contributed by atoms with van der Waals surface area (Å²) < 4.78 is 10.8. The summed E-state index contributed by atoms with van der Waals surface area (Å²) in [4.78, 5) is 30.0. The molecule has 0 aliphatic carbocycles. The van der Waals surface area contributed by atoms with Gasteiger partial charge in [-0.2, -0.15) is 0 Å². The maximum atomic E-state index is 13.2. The molecule has 0 bridgehead atoms. The molecule has 0 spiro atoms. The lowest BCUT2D eigenvalue weighted by molar-refractivity contribution is -0.140. The second kappa shape index (κ2) is 11.4. The number of methoxy groups -OCH3 is 1. The zero-order chi connectivity index (χ0) is 24.8. The summed E-state index contributed by atoms with van der Waals surface area (Å²) in [7, 11) is 1.57. The van der Waals surface area contributed by atoms with E-state index in [1.165, 1.54) is 4.90 Å². The Labute approximate surface area is 205 Å². The van der Waals surface area contributed by atoms with Crippen LogP contribution in [0.25, 0.3) is 5.76 Å². The van der Waals surface area contributed by atoms with E-state index in [2.05, 4.69) is 18.7 Å². The lowest BCUT2D eigenvalue weighted by atomic mass is 9.95. The lowest BCUT2D eigenvalue weighted by Gasteiger charge is -2.28. The summed E-state index contributed by atoms with van der Waals surface area (Å²) in [5.41, 5.74) is 1.10. The molecule has 0 aromatic heterocycles. The number of carbonyl (C=O) groups is 2. The molecule has 2 aromatic carbocycles. The van der Waals surface area contributed by atoms with Gasteiger partial charge in [0.25, 0.3) is 11.7 Å². The second-order valence-corrected chi connectivity index (χ2v) is 8.28. The van der Waals surface area contributed by atoms with E-state index in [0.717, 1.165) is 13.1 Å². The third-order valence-electron chi connectivity index (χ3n) is 6.03. The molecule has 3 rings (SSSR count). The number of nitrogens with zero attached hydrogens (tertiary/aromatic N) is 2. The fourth-order valence-corrected chi connectivity index (χ4v) is 4.28. The first kappa shape index (κ1) is 25.6. The number of hydrogen-bond donors (Lipinski definition) is 1. The molecule has 2 aromatic rings. The molecular weight excluding hydrogens is 456 g/mol. The first-order valence-electron chi connectivity index (χ1n) is 11.4. The third-order valence-corrected chi connectivity index (χ3v) is 6.34. The highest BCUT2D eigenvalue weighted by Crippen LogP contribution is 2.40. The smallest absolute Gasteiger partial charge is 0.295 e. The first-order chi connectivity index (χ1) is 16.4. The van der Waals surface area contributed by atoms with E-state index in [-0.39, 0.29) is 11.3 Å². The fraction of sp³-hybridized carbons (Fsp3) is 0.385. The Balaban J connectivity index is 2.11. The molecule has 7 nitrogen and oxygen atoms in total. The predicted octanol–water partition coefficient (Wildman–Crippen LogP) is 4.51. The normalized spacial score (nSPS) is 17.5. The Bertz CT molecular complexity index is 1060. The molecule has 1 amide bonds. The molecule has 1 N–H and O–H groups in total. The highest BCUT2D eigenvalue weighted by atomic mass is 35.5. The summed E-state index contributed by atoms with van der Waals surface area (Å²) in [6.07, 6.45) is 0. The van der Waals surface area contributed by atoms with E-state index in [0.29, 0.717) is 47.3 Å². The zero-order valence-corrected chi connectivity index (χ0v) is 20.8. The fourth-order valence-electron chi connectivity index (χ4n) is 4.10. The van der Waals surface area contributed by atoms with Gasteiger partial charge >= 0.3 is 0 Å². The van der Waals surface area contributed by atoms with Gasteiger partial charge in [-0.3, -0.25) is 9.59 Å². The molecule has 34 heavy (non-hydrogen) atoms. The van der Waals surface area contributed by atoms with E-state index in [9.17, 15) is 14.7 Å². The van der Waals surface area contributed by atoms with Crippen molar-refractivity contribution in [1.82, 2.24) is 9.80 Å². The molecule has 182 valence electrons. The quantitative estimate of drug-likeness (QED) is 0.302. The van der Waals surface area contributed by atoms with Gasteiger partial charge in [0.2, 0.25) is 0 Å². The minimum absolute atomic E-state index is 0.0412. The van der Waals surface area contributed by atoms with Gasteiger partial charge in [-0.05, 0) is 55.9 Å². The number of likely N-dealkylation sites (tertiary alicyclic amines) is 1. The Morgan fingerprint density at radius 2 is 1.76 bits per heavy atom. The molecule has 1 aliphatic rings. The average molecular weight is 487 g/mol. The maximum absolute atomic E-state index is 13.2. The molecule has 1 heterocycles. The first-order valence-corrected chi connectivity index (χ1v) is 11.8. The molecule has 1 unspecified atom stereocenters. The number of rotatable bonds is 10. The Morgan fingerprint density at radius 3 is 2.35 bits per heavy atom. The van der Waals surface area contributed by atoms with Crippen molar-refractivity contribution < 1.29 is 24.2 Å². The summed E-state index contributed by atoms with van der Waals surface area (Å²) in [5.74, 6) is -0.561. The molecule has 1 saturated heterocycles. The third kappa shape index (κ3) is 5.21. The number of benzene rings is 2. The SMILES string of the molecule is CCOc1cc(/C(O)=C2/C(=O)C(=O)N(CCN(CC)CC)C2c2ccc(OC)cc2)ccc1Cl. The Kier molecular flexibility index (Phi) is 8.58. The minimum Gasteiger partial charge on any atom is -0.507 e. The van der Waals surface area contributed by atoms with Crippen LogP contribution in [0, 0.1) is 0 Å². The van der Waals surface area contributed by atoms with Crippen molar-refractivity contribution in [2.24, 2.45) is 0 Å². The van der Waals surface area contributed by atoms with Gasteiger partial charge in [-0.25, -0.2) is 0 Å². The van der Waals surface area contributed by atoms with Crippen LogP contribution in [-0.4, -0.2) is 66.5 Å². The second-order valence-electron chi connectivity index (χ2n) is 7.87. The van der Waals surface area contributed by atoms with Crippen molar-refractivity contribution in [2.75, 3.05) is 39.9 Å². The number of Topliss-reactive ketones (excluding diaryl/α,β-unsaturated/α-hetero) is 1. The topological polar surface area (TPSA) is 79.3 Å². The number of ketones is 1. The highest BCUT2D eigenvalue weighted by Gasteiger charge is 2.46. The van der Waals surface area contributed by atoms with E-state index in [1.54, 1.807) is 49.6 Å². The average Bonchev–Trinajstić information content (AvgIpc) is 3.10. The zero-order valence-electron chi connectivity index (χ0n) is 20.0. The van der Waals surface area contributed by atoms with Crippen LogP contribution in [0.3, 0.4) is 0 Å². The van der Waals surface area contributed by atoms with Crippen molar-refractivity contribution in [3.05, 3.63) is 64.2 Å². The van der Waals surface area contributed by atoms with Crippen LogP contribution >= 0.6 is 11.6 Å². The van der Waals surface area contributed by atoms with Crippen LogP contribution in [-0.2, 0) is 9.59 Å². The van der Waals surface area contributed by atoms with Crippen LogP contribution in [0.5, 0.6) is 11.5 Å². The summed E-state index contributed by atoms with van der Waals surface area (Å²) in [6, 6.07) is 11.2. The summed E-state index contributed by atoms with van der Waals surface area (Å²) in [6.45, 7) is 8.95. The van der Waals surface area contributed by atoms with Gasteiger partial charge in [-0.15, -0.1) is 0 Å². The molecule has 8 heteroatoms. The van der Waals surface area contributed by atoms with E-state index in [4.69, 9.17) is 21.1 Å². The van der Waals surface area contributed by atoms with Crippen LogP contribution in [0.15, 0.2) is 48.0 Å². The minimum atomic E-state index is -0.729. The van der Waals surface area contributed by atoms with Gasteiger partial charge in [0.1, 0.15) is 17.3 Å². The van der Waals surface area contributed by atoms with Gasteiger partial charge in [0, 0.05) is 18.7 Å². The van der Waals surface area contributed by atoms with Crippen LogP contribution < -0.4 is 9.47 Å². The van der Waals surface area contributed by atoms with Crippen molar-refractivity contribution in [3.8, 4) is 11.5 Å². The number of amides is 1. The van der Waals surface area contributed by atoms with Crippen molar-refractivity contribution in [3.63, 3.8) is 0 Å². The maximum Gasteiger partial charge on any atom is 0.295 e. The number of aliphatic hydroxyl groups is 1. The van der Waals surface area contributed by atoms with E-state index < -0.39 is 17.7 Å². The van der Waals surface area contributed by atoms with Gasteiger partial charge in [0.15, 0.2) is 0 Å². The molecule has 1 atom stereocenters. The number of hydrogen-bond acceptors (Lipinski definition) is 6. The highest BCUT2D eigenvalue weighted by molar-refractivity contribution is 6.46. The molecule has 1 aliphatic heterocycles. The molecule has 1 fully saturated rings. The Hall–Kier alpha value is -3.03. The predicted molar refractivity (Wildman–Crippen MR) is 132 cm³/mol. The van der Waals surface area contributed by atoms with Crippen LogP contribution in [0.1, 0.15) is 37.9 Å². The summed E-state index contributed by atoms with van der Waals surface area (Å²) >= 11 is 6.20. The molecule has 0 saturated carbocycles. The van der Waals surface area contributed by atoms with Gasteiger partial charge in [0.05, 0.1) is 30.4 Å². The standard InChI is InChI=1S/C26H31ClN2O5/c1-5-28(6-2)14-15-29-23(17-8-11-19(33-4)12-9-17)22(25(31)26(29)32)24(30)18-10-13-20(27)21(16-18)34-7-3/h8-13,16,23,30H,5-7,14-15H2,1-4H3/b24-22-. The largest absolute Gasteiger partial charge is 0.507 e. The van der Waals surface area contributed by atoms with Crippen LogP contribution in [0.2, 0.25) is 5.02 Å². The number of likely N-dealkylation sites (N-methyl/N-ethyl adjacent to an activating group) is 1. The van der Waals surface area contributed by atoms with E-state index in [1.807, 2.05) is 6.92 Å².